The predicted molar refractivity (Wildman–Crippen MR) is 83.0 cm³/mol. The highest BCUT2D eigenvalue weighted by Gasteiger charge is 2.39. The van der Waals surface area contributed by atoms with E-state index < -0.39 is 5.63 Å². The number of nitrogens with one attached hydrogen (secondary N) is 1. The molecule has 114 valence electrons. The molecule has 0 saturated carbocycles. The molecule has 0 radical (unpaired) electrons. The Morgan fingerprint density at radius 3 is 2.64 bits per heavy atom. The molecule has 0 spiro atoms. The Hall–Kier alpha value is -2.14. The van der Waals surface area contributed by atoms with Crippen LogP contribution >= 0.6 is 0 Å². The third-order valence-electron chi connectivity index (χ3n) is 4.96. The van der Waals surface area contributed by atoms with Gasteiger partial charge in [0.1, 0.15) is 11.1 Å². The molecule has 1 amide bonds. The maximum atomic E-state index is 12.8. The highest BCUT2D eigenvalue weighted by atomic mass is 16.4. The molecule has 0 unspecified atom stereocenters. The Balaban J connectivity index is 1.74. The van der Waals surface area contributed by atoms with Crippen LogP contribution in [0.4, 0.5) is 0 Å². The molecule has 22 heavy (non-hydrogen) atoms. The van der Waals surface area contributed by atoms with E-state index in [-0.39, 0.29) is 11.5 Å². The number of benzene rings is 1. The van der Waals surface area contributed by atoms with Crippen molar-refractivity contribution in [2.45, 2.75) is 6.92 Å². The van der Waals surface area contributed by atoms with Crippen LogP contribution in [0.25, 0.3) is 11.0 Å². The van der Waals surface area contributed by atoms with E-state index in [2.05, 4.69) is 5.32 Å². The zero-order valence-corrected chi connectivity index (χ0v) is 12.5. The smallest absolute Gasteiger partial charge is 0.349 e. The number of carbonyl (C=O) groups excluding carboxylic acids is 1. The first-order chi connectivity index (χ1) is 10.6. The maximum absolute atomic E-state index is 12.8. The van der Waals surface area contributed by atoms with E-state index in [0.29, 0.717) is 23.0 Å². The molecule has 2 atom stereocenters. The van der Waals surface area contributed by atoms with Crippen LogP contribution in [0.1, 0.15) is 15.9 Å². The normalized spacial score (nSPS) is 24.0. The summed E-state index contributed by atoms with van der Waals surface area (Å²) < 4.78 is 5.33. The molecule has 1 aromatic heterocycles. The van der Waals surface area contributed by atoms with Crippen molar-refractivity contribution in [2.24, 2.45) is 11.8 Å². The molecule has 3 heterocycles. The lowest BCUT2D eigenvalue weighted by atomic mass is 10.0. The summed E-state index contributed by atoms with van der Waals surface area (Å²) in [5.74, 6) is 0.833. The lowest BCUT2D eigenvalue weighted by Gasteiger charge is -2.18. The Bertz CT molecular complexity index is 799. The average Bonchev–Trinajstić information content (AvgIpc) is 3.08. The molecule has 5 heteroatoms. The van der Waals surface area contributed by atoms with Gasteiger partial charge in [-0.25, -0.2) is 4.79 Å². The summed E-state index contributed by atoms with van der Waals surface area (Å²) in [5.41, 5.74) is 0.902. The molecular weight excluding hydrogens is 280 g/mol. The highest BCUT2D eigenvalue weighted by Crippen LogP contribution is 2.28. The molecule has 2 aromatic rings. The Labute approximate surface area is 127 Å². The number of rotatable bonds is 1. The van der Waals surface area contributed by atoms with Gasteiger partial charge in [-0.05, 0) is 30.4 Å². The van der Waals surface area contributed by atoms with Crippen molar-refractivity contribution in [3.05, 3.63) is 45.8 Å². The average molecular weight is 298 g/mol. The van der Waals surface area contributed by atoms with Crippen molar-refractivity contribution in [3.8, 4) is 0 Å². The molecule has 2 aliphatic heterocycles. The molecule has 0 aliphatic carbocycles. The topological polar surface area (TPSA) is 62.6 Å². The monoisotopic (exact) mass is 298 g/mol. The third kappa shape index (κ3) is 1.96. The number of carbonyl (C=O) groups is 1. The van der Waals surface area contributed by atoms with Crippen LogP contribution < -0.4 is 10.9 Å². The van der Waals surface area contributed by atoms with Gasteiger partial charge in [0.25, 0.3) is 5.91 Å². The lowest BCUT2D eigenvalue weighted by molar-refractivity contribution is 0.0777. The minimum Gasteiger partial charge on any atom is -0.422 e. The molecule has 1 aromatic carbocycles. The summed E-state index contributed by atoms with van der Waals surface area (Å²) in [6, 6.07) is 7.34. The Morgan fingerprint density at radius 1 is 1.23 bits per heavy atom. The van der Waals surface area contributed by atoms with Gasteiger partial charge >= 0.3 is 5.63 Å². The van der Waals surface area contributed by atoms with Gasteiger partial charge in [-0.2, -0.15) is 0 Å². The van der Waals surface area contributed by atoms with Crippen molar-refractivity contribution in [1.82, 2.24) is 10.2 Å². The molecule has 2 saturated heterocycles. The van der Waals surface area contributed by atoms with Crippen LogP contribution in [-0.2, 0) is 0 Å². The van der Waals surface area contributed by atoms with E-state index in [9.17, 15) is 9.59 Å². The van der Waals surface area contributed by atoms with Crippen LogP contribution in [0.2, 0.25) is 0 Å². The van der Waals surface area contributed by atoms with Crippen LogP contribution in [0, 0.1) is 18.8 Å². The number of nitrogens with zero attached hydrogens (tertiary/aromatic N) is 1. The highest BCUT2D eigenvalue weighted by molar-refractivity contribution is 5.99. The quantitative estimate of drug-likeness (QED) is 0.808. The van der Waals surface area contributed by atoms with Gasteiger partial charge in [0, 0.05) is 31.6 Å². The van der Waals surface area contributed by atoms with Crippen LogP contribution in [0.15, 0.2) is 33.5 Å². The minimum atomic E-state index is -0.531. The van der Waals surface area contributed by atoms with E-state index >= 15 is 0 Å². The molecule has 1 N–H and O–H groups in total. The minimum absolute atomic E-state index is 0.187. The van der Waals surface area contributed by atoms with E-state index in [1.54, 1.807) is 6.07 Å². The SMILES string of the molecule is Cc1c(C(=O)N2C[C@H]3CNC[C@H]3C2)c(=O)oc2ccccc12. The summed E-state index contributed by atoms with van der Waals surface area (Å²) >= 11 is 0. The van der Waals surface area contributed by atoms with Gasteiger partial charge in [0.2, 0.25) is 0 Å². The first-order valence-corrected chi connectivity index (χ1v) is 7.67. The second-order valence-electron chi connectivity index (χ2n) is 6.27. The summed E-state index contributed by atoms with van der Waals surface area (Å²) in [6.45, 7) is 5.19. The molecule has 2 fully saturated rings. The van der Waals surface area contributed by atoms with Gasteiger partial charge in [-0.1, -0.05) is 18.2 Å². The fourth-order valence-electron chi connectivity index (χ4n) is 3.73. The van der Waals surface area contributed by atoms with Crippen molar-refractivity contribution >= 4 is 16.9 Å². The number of hydrogen-bond donors (Lipinski definition) is 1. The number of amides is 1. The maximum Gasteiger partial charge on any atom is 0.349 e. The van der Waals surface area contributed by atoms with E-state index in [4.69, 9.17) is 4.42 Å². The molecule has 0 bridgehead atoms. The largest absolute Gasteiger partial charge is 0.422 e. The number of aryl methyl sites for hydroxylation is 1. The van der Waals surface area contributed by atoms with Gasteiger partial charge in [-0.3, -0.25) is 4.79 Å². The zero-order valence-electron chi connectivity index (χ0n) is 12.5. The fraction of sp³-hybridized carbons (Fsp3) is 0.412. The van der Waals surface area contributed by atoms with Crippen molar-refractivity contribution < 1.29 is 9.21 Å². The Morgan fingerprint density at radius 2 is 1.91 bits per heavy atom. The van der Waals surface area contributed by atoms with Crippen molar-refractivity contribution in [1.29, 1.82) is 0 Å². The first-order valence-electron chi connectivity index (χ1n) is 7.67. The van der Waals surface area contributed by atoms with Crippen molar-refractivity contribution in [3.63, 3.8) is 0 Å². The summed E-state index contributed by atoms with van der Waals surface area (Å²) in [6.07, 6.45) is 0. The van der Waals surface area contributed by atoms with Crippen LogP contribution in [0.5, 0.6) is 0 Å². The third-order valence-corrected chi connectivity index (χ3v) is 4.96. The van der Waals surface area contributed by atoms with E-state index in [1.165, 1.54) is 0 Å². The van der Waals surface area contributed by atoms with Gasteiger partial charge < -0.3 is 14.6 Å². The standard InChI is InChI=1S/C17H18N2O3/c1-10-13-4-2-3-5-14(13)22-17(21)15(10)16(20)19-8-11-6-18-7-12(11)9-19/h2-5,11-12,18H,6-9H2,1H3/t11-,12+. The number of fused-ring (bicyclic) bond motifs is 2. The summed E-state index contributed by atoms with van der Waals surface area (Å²) in [4.78, 5) is 26.9. The number of hydrogen-bond acceptors (Lipinski definition) is 4. The van der Waals surface area contributed by atoms with Gasteiger partial charge in [0.05, 0.1) is 0 Å². The number of para-hydroxylation sites is 1. The molecule has 2 aliphatic rings. The molecule has 4 rings (SSSR count). The van der Waals surface area contributed by atoms with Gasteiger partial charge in [0.15, 0.2) is 0 Å². The molecule has 5 nitrogen and oxygen atoms in total. The van der Waals surface area contributed by atoms with Crippen LogP contribution in [0.3, 0.4) is 0 Å². The second-order valence-corrected chi connectivity index (χ2v) is 6.27. The summed E-state index contributed by atoms with van der Waals surface area (Å²) in [5, 5.41) is 4.18. The first kappa shape index (κ1) is 13.5. The summed E-state index contributed by atoms with van der Waals surface area (Å²) in [7, 11) is 0. The number of likely N-dealkylation sites (tertiary alicyclic amines) is 1. The van der Waals surface area contributed by atoms with Gasteiger partial charge in [-0.15, -0.1) is 0 Å². The lowest BCUT2D eigenvalue weighted by Crippen LogP contribution is -2.35. The van der Waals surface area contributed by atoms with E-state index in [0.717, 1.165) is 31.6 Å². The predicted octanol–water partition coefficient (Wildman–Crippen LogP) is 1.39. The Kier molecular flexibility index (Phi) is 3.04. The van der Waals surface area contributed by atoms with Crippen molar-refractivity contribution in [2.75, 3.05) is 26.2 Å². The molecular formula is C17H18N2O3. The fourth-order valence-corrected chi connectivity index (χ4v) is 3.73. The van der Waals surface area contributed by atoms with Crippen LogP contribution in [-0.4, -0.2) is 37.0 Å². The van der Waals surface area contributed by atoms with E-state index in [1.807, 2.05) is 30.0 Å². The zero-order chi connectivity index (χ0) is 15.3. The second kappa shape index (κ2) is 4.95.